The van der Waals surface area contributed by atoms with Gasteiger partial charge in [-0.3, -0.25) is 0 Å². The maximum atomic E-state index is 8.37. The molecule has 0 unspecified atom stereocenters. The fourth-order valence-corrected chi connectivity index (χ4v) is 1.42. The molecule has 0 atom stereocenters. The van der Waals surface area contributed by atoms with E-state index in [0.717, 1.165) is 0 Å². The molecule has 0 aromatic carbocycles. The molecule has 0 N–H and O–H groups in total. The lowest BCUT2D eigenvalue weighted by molar-refractivity contribution is 0.122. The van der Waals surface area contributed by atoms with Crippen molar-refractivity contribution in [1.29, 1.82) is 0 Å². The van der Waals surface area contributed by atoms with E-state index in [1.807, 2.05) is 4.90 Å². The smallest absolute Gasteiger partial charge is 0.321 e. The molecule has 90 valence electrons. The van der Waals surface area contributed by atoms with Gasteiger partial charge in [0.25, 0.3) is 0 Å². The first-order chi connectivity index (χ1) is 8.33. The predicted molar refractivity (Wildman–Crippen MR) is 58.2 cm³/mol. The molecule has 0 radical (unpaired) electrons. The third kappa shape index (κ3) is 2.71. The molecular weight excluding hydrogens is 226 g/mol. The van der Waals surface area contributed by atoms with E-state index in [1.165, 1.54) is 7.11 Å². The van der Waals surface area contributed by atoms with Gasteiger partial charge in [0.1, 0.15) is 0 Å². The second-order valence-electron chi connectivity index (χ2n) is 3.21. The lowest BCUT2D eigenvalue weighted by Crippen LogP contribution is -2.37. The fourth-order valence-electron chi connectivity index (χ4n) is 1.42. The number of methoxy groups -OCH3 is 1. The van der Waals surface area contributed by atoms with Gasteiger partial charge in [-0.25, -0.2) is 0 Å². The van der Waals surface area contributed by atoms with Gasteiger partial charge in [0.15, 0.2) is 0 Å². The van der Waals surface area contributed by atoms with E-state index in [0.29, 0.717) is 32.3 Å². The molecule has 9 heteroatoms. The van der Waals surface area contributed by atoms with E-state index >= 15 is 0 Å². The van der Waals surface area contributed by atoms with Crippen LogP contribution in [-0.4, -0.2) is 48.4 Å². The first-order valence-electron chi connectivity index (χ1n) is 5.01. The first kappa shape index (κ1) is 11.4. The van der Waals surface area contributed by atoms with Crippen LogP contribution in [0.15, 0.2) is 5.11 Å². The molecule has 0 saturated carbocycles. The summed E-state index contributed by atoms with van der Waals surface area (Å²) in [6, 6.07) is 0.129. The summed E-state index contributed by atoms with van der Waals surface area (Å²) < 4.78 is 10.2. The van der Waals surface area contributed by atoms with Crippen LogP contribution in [0.4, 0.5) is 11.9 Å². The van der Waals surface area contributed by atoms with E-state index < -0.39 is 0 Å². The van der Waals surface area contributed by atoms with Gasteiger partial charge in [0, 0.05) is 18.0 Å². The summed E-state index contributed by atoms with van der Waals surface area (Å²) in [5.74, 6) is 0.434. The third-order valence-electron chi connectivity index (χ3n) is 2.20. The van der Waals surface area contributed by atoms with Gasteiger partial charge in [-0.2, -0.15) is 15.0 Å². The summed E-state index contributed by atoms with van der Waals surface area (Å²) in [6.45, 7) is 2.60. The monoisotopic (exact) mass is 237 g/mol. The average molecular weight is 237 g/mol. The summed E-state index contributed by atoms with van der Waals surface area (Å²) >= 11 is 0. The molecular formula is C8H11N7O2. The molecule has 9 nitrogen and oxygen atoms in total. The van der Waals surface area contributed by atoms with Gasteiger partial charge in [-0.05, 0) is 10.6 Å². The number of nitrogens with zero attached hydrogens (tertiary/aromatic N) is 7. The molecule has 1 aliphatic heterocycles. The van der Waals surface area contributed by atoms with Crippen molar-refractivity contribution in [3.63, 3.8) is 0 Å². The van der Waals surface area contributed by atoms with E-state index in [2.05, 4.69) is 25.0 Å². The molecule has 0 aliphatic carbocycles. The topological polar surface area (TPSA) is 109 Å². The van der Waals surface area contributed by atoms with Crippen molar-refractivity contribution in [2.24, 2.45) is 5.11 Å². The van der Waals surface area contributed by atoms with Crippen molar-refractivity contribution in [3.05, 3.63) is 10.4 Å². The van der Waals surface area contributed by atoms with Gasteiger partial charge in [0.05, 0.1) is 20.3 Å². The van der Waals surface area contributed by atoms with Crippen LogP contribution in [0.1, 0.15) is 0 Å². The molecule has 1 aliphatic rings. The van der Waals surface area contributed by atoms with Crippen molar-refractivity contribution < 1.29 is 9.47 Å². The molecule has 1 saturated heterocycles. The lowest BCUT2D eigenvalue weighted by Gasteiger charge is -2.26. The molecule has 0 amide bonds. The maximum Gasteiger partial charge on any atom is 0.321 e. The Bertz CT molecular complexity index is 439. The van der Waals surface area contributed by atoms with Gasteiger partial charge >= 0.3 is 6.01 Å². The maximum absolute atomic E-state index is 8.37. The van der Waals surface area contributed by atoms with Crippen LogP contribution in [0.2, 0.25) is 0 Å². The van der Waals surface area contributed by atoms with Crippen molar-refractivity contribution in [1.82, 2.24) is 15.0 Å². The average Bonchev–Trinajstić information content (AvgIpc) is 2.40. The first-order valence-corrected chi connectivity index (χ1v) is 5.01. The van der Waals surface area contributed by atoms with Crippen LogP contribution >= 0.6 is 0 Å². The highest BCUT2D eigenvalue weighted by Crippen LogP contribution is 2.17. The van der Waals surface area contributed by atoms with Crippen LogP contribution in [0, 0.1) is 0 Å². The number of ether oxygens (including phenoxy) is 2. The summed E-state index contributed by atoms with van der Waals surface area (Å²) in [5.41, 5.74) is 8.37. The van der Waals surface area contributed by atoms with Gasteiger partial charge in [-0.15, -0.1) is 0 Å². The molecule has 1 aromatic rings. The highest BCUT2D eigenvalue weighted by Gasteiger charge is 2.16. The summed E-state index contributed by atoms with van der Waals surface area (Å²) in [4.78, 5) is 16.5. The zero-order valence-corrected chi connectivity index (χ0v) is 9.28. The Kier molecular flexibility index (Phi) is 3.53. The molecule has 1 fully saturated rings. The van der Waals surface area contributed by atoms with Crippen LogP contribution in [-0.2, 0) is 4.74 Å². The molecule has 17 heavy (non-hydrogen) atoms. The molecule has 0 bridgehead atoms. The SMILES string of the molecule is COc1nc(N=[N+]=[N-])nc(N2CCOCC2)n1. The Morgan fingerprint density at radius 2 is 2.12 bits per heavy atom. The normalized spacial score (nSPS) is 15.2. The number of aromatic nitrogens is 3. The van der Waals surface area contributed by atoms with Crippen molar-refractivity contribution in [2.75, 3.05) is 38.3 Å². The van der Waals surface area contributed by atoms with Crippen LogP contribution in [0.25, 0.3) is 10.4 Å². The summed E-state index contributed by atoms with van der Waals surface area (Å²) in [5, 5.41) is 3.35. The lowest BCUT2D eigenvalue weighted by atomic mass is 10.4. The second-order valence-corrected chi connectivity index (χ2v) is 3.21. The van der Waals surface area contributed by atoms with Crippen molar-refractivity contribution >= 4 is 11.9 Å². The second kappa shape index (κ2) is 5.28. The molecule has 2 heterocycles. The fraction of sp³-hybridized carbons (Fsp3) is 0.625. The highest BCUT2D eigenvalue weighted by atomic mass is 16.5. The number of hydrogen-bond acceptors (Lipinski definition) is 7. The molecule has 0 spiro atoms. The minimum absolute atomic E-state index is 0.000779. The quantitative estimate of drug-likeness (QED) is 0.434. The number of morpholine rings is 1. The predicted octanol–water partition coefficient (Wildman–Crippen LogP) is 0.659. The van der Waals surface area contributed by atoms with Gasteiger partial charge in [-0.1, -0.05) is 0 Å². The number of rotatable bonds is 3. The zero-order valence-electron chi connectivity index (χ0n) is 9.28. The third-order valence-corrected chi connectivity index (χ3v) is 2.20. The Morgan fingerprint density at radius 1 is 1.35 bits per heavy atom. The van der Waals surface area contributed by atoms with Crippen molar-refractivity contribution in [3.8, 4) is 6.01 Å². The van der Waals surface area contributed by atoms with E-state index in [-0.39, 0.29) is 12.0 Å². The van der Waals surface area contributed by atoms with Gasteiger partial charge < -0.3 is 14.4 Å². The van der Waals surface area contributed by atoms with Gasteiger partial charge in [0.2, 0.25) is 11.9 Å². The number of anilines is 1. The minimum atomic E-state index is 0.000779. The Morgan fingerprint density at radius 3 is 2.76 bits per heavy atom. The van der Waals surface area contributed by atoms with E-state index in [4.69, 9.17) is 15.0 Å². The minimum Gasteiger partial charge on any atom is -0.467 e. The largest absolute Gasteiger partial charge is 0.467 e. The van der Waals surface area contributed by atoms with Crippen LogP contribution < -0.4 is 9.64 Å². The summed E-state index contributed by atoms with van der Waals surface area (Å²) in [7, 11) is 1.44. The Labute approximate surface area is 97.0 Å². The van der Waals surface area contributed by atoms with E-state index in [1.54, 1.807) is 0 Å². The molecule has 1 aromatic heterocycles. The number of hydrogen-bond donors (Lipinski definition) is 0. The summed E-state index contributed by atoms with van der Waals surface area (Å²) in [6.07, 6.45) is 0. The Balaban J connectivity index is 2.30. The van der Waals surface area contributed by atoms with Crippen LogP contribution in [0.5, 0.6) is 6.01 Å². The number of azide groups is 1. The van der Waals surface area contributed by atoms with Crippen molar-refractivity contribution in [2.45, 2.75) is 0 Å². The molecule has 2 rings (SSSR count). The standard InChI is InChI=1S/C8H11N7O2/c1-16-8-11-6(13-14-9)10-7(12-8)15-2-4-17-5-3-15/h2-5H2,1H3. The van der Waals surface area contributed by atoms with E-state index in [9.17, 15) is 0 Å². The highest BCUT2D eigenvalue weighted by molar-refractivity contribution is 5.35. The zero-order chi connectivity index (χ0) is 12.1. The Hall–Kier alpha value is -2.12. The van der Waals surface area contributed by atoms with Crippen LogP contribution in [0.3, 0.4) is 0 Å².